The Hall–Kier alpha value is -3.40. The summed E-state index contributed by atoms with van der Waals surface area (Å²) in [5.41, 5.74) is 1.36. The van der Waals surface area contributed by atoms with Crippen LogP contribution in [0.1, 0.15) is 36.6 Å². The summed E-state index contributed by atoms with van der Waals surface area (Å²) >= 11 is 0. The van der Waals surface area contributed by atoms with Crippen LogP contribution in [0.2, 0.25) is 0 Å². The third kappa shape index (κ3) is 3.79. The van der Waals surface area contributed by atoms with Crippen LogP contribution in [0.4, 0.5) is 5.88 Å². The van der Waals surface area contributed by atoms with E-state index >= 15 is 0 Å². The van der Waals surface area contributed by atoms with Crippen molar-refractivity contribution >= 4 is 5.88 Å². The van der Waals surface area contributed by atoms with E-state index in [1.54, 1.807) is 12.4 Å². The summed E-state index contributed by atoms with van der Waals surface area (Å²) in [4.78, 5) is 15.4. The van der Waals surface area contributed by atoms with Crippen LogP contribution in [0.25, 0.3) is 11.5 Å². The first-order valence-corrected chi connectivity index (χ1v) is 9.96. The predicted molar refractivity (Wildman–Crippen MR) is 106 cm³/mol. The zero-order valence-corrected chi connectivity index (χ0v) is 16.0. The van der Waals surface area contributed by atoms with E-state index in [4.69, 9.17) is 9.15 Å². The predicted octanol–water partition coefficient (Wildman–Crippen LogP) is 3.79. The first kappa shape index (κ1) is 17.7. The lowest BCUT2D eigenvalue weighted by molar-refractivity contribution is 0.250. The molecule has 1 saturated carbocycles. The van der Waals surface area contributed by atoms with Crippen molar-refractivity contribution < 1.29 is 9.15 Å². The van der Waals surface area contributed by atoms with Crippen LogP contribution in [0.15, 0.2) is 47.1 Å². The molecule has 3 aromatic rings. The Labute approximate surface area is 169 Å². The Morgan fingerprint density at radius 3 is 2.79 bits per heavy atom. The number of aromatic nitrogens is 3. The molecule has 0 spiro atoms. The molecular weight excluding hydrogens is 366 g/mol. The van der Waals surface area contributed by atoms with Gasteiger partial charge in [-0.05, 0) is 31.4 Å². The number of anilines is 1. The topological polar surface area (TPSA) is 88.1 Å². The lowest BCUT2D eigenvalue weighted by atomic mass is 10.1. The molecular formula is C22H21N5O2. The van der Waals surface area contributed by atoms with Crippen molar-refractivity contribution in [2.75, 3.05) is 24.6 Å². The van der Waals surface area contributed by atoms with E-state index in [-0.39, 0.29) is 0 Å². The Morgan fingerprint density at radius 2 is 2.00 bits per heavy atom. The number of rotatable bonds is 6. The van der Waals surface area contributed by atoms with Gasteiger partial charge in [0, 0.05) is 30.5 Å². The lowest BCUT2D eigenvalue weighted by Crippen LogP contribution is -2.21. The van der Waals surface area contributed by atoms with Gasteiger partial charge in [-0.1, -0.05) is 18.2 Å². The van der Waals surface area contributed by atoms with Gasteiger partial charge in [0.05, 0.1) is 19.0 Å². The second kappa shape index (κ2) is 7.55. The van der Waals surface area contributed by atoms with E-state index in [1.165, 1.54) is 0 Å². The maximum absolute atomic E-state index is 9.30. The van der Waals surface area contributed by atoms with Crippen LogP contribution in [0.3, 0.4) is 0 Å². The van der Waals surface area contributed by atoms with Gasteiger partial charge in [0.1, 0.15) is 17.5 Å². The molecule has 1 aliphatic carbocycles. The highest BCUT2D eigenvalue weighted by atomic mass is 16.5. The summed E-state index contributed by atoms with van der Waals surface area (Å²) < 4.78 is 11.9. The summed E-state index contributed by atoms with van der Waals surface area (Å²) in [7, 11) is 0. The molecule has 7 heteroatoms. The van der Waals surface area contributed by atoms with E-state index in [9.17, 15) is 5.26 Å². The third-order valence-electron chi connectivity index (χ3n) is 5.40. The normalized spacial score (nSPS) is 18.6. The summed E-state index contributed by atoms with van der Waals surface area (Å²) in [6, 6.07) is 12.0. The van der Waals surface area contributed by atoms with Crippen molar-refractivity contribution in [3.8, 4) is 23.4 Å². The second-order valence-corrected chi connectivity index (χ2v) is 7.61. The molecule has 0 bridgehead atoms. The monoisotopic (exact) mass is 387 g/mol. The summed E-state index contributed by atoms with van der Waals surface area (Å²) in [6.45, 7) is 2.23. The molecule has 5 rings (SSSR count). The fourth-order valence-corrected chi connectivity index (χ4v) is 3.60. The molecule has 0 amide bonds. The highest BCUT2D eigenvalue weighted by Crippen LogP contribution is 2.38. The Morgan fingerprint density at radius 1 is 1.14 bits per heavy atom. The molecule has 1 atom stereocenters. The van der Waals surface area contributed by atoms with Gasteiger partial charge < -0.3 is 14.1 Å². The highest BCUT2D eigenvalue weighted by Gasteiger charge is 2.29. The molecule has 0 unspecified atom stereocenters. The zero-order chi connectivity index (χ0) is 19.6. The molecule has 29 heavy (non-hydrogen) atoms. The van der Waals surface area contributed by atoms with E-state index in [2.05, 4.69) is 25.9 Å². The second-order valence-electron chi connectivity index (χ2n) is 7.61. The van der Waals surface area contributed by atoms with Gasteiger partial charge in [0.25, 0.3) is 0 Å². The molecule has 7 nitrogen and oxygen atoms in total. The van der Waals surface area contributed by atoms with E-state index < -0.39 is 0 Å². The first-order valence-electron chi connectivity index (χ1n) is 9.96. The van der Waals surface area contributed by atoms with Gasteiger partial charge in [-0.3, -0.25) is 0 Å². The molecule has 2 fully saturated rings. The molecule has 1 aliphatic heterocycles. The number of hydrogen-bond donors (Lipinski definition) is 0. The van der Waals surface area contributed by atoms with E-state index in [0.29, 0.717) is 35.8 Å². The van der Waals surface area contributed by atoms with Crippen LogP contribution in [0.5, 0.6) is 5.88 Å². The lowest BCUT2D eigenvalue weighted by Gasteiger charge is -2.15. The smallest absolute Gasteiger partial charge is 0.235 e. The average Bonchev–Trinajstić information content (AvgIpc) is 3.31. The number of hydrogen-bond acceptors (Lipinski definition) is 7. The van der Waals surface area contributed by atoms with Crippen LogP contribution >= 0.6 is 0 Å². The van der Waals surface area contributed by atoms with Gasteiger partial charge in [-0.25, -0.2) is 9.97 Å². The van der Waals surface area contributed by atoms with E-state index in [0.717, 1.165) is 49.6 Å². The van der Waals surface area contributed by atoms with Crippen molar-refractivity contribution in [3.63, 3.8) is 0 Å². The summed E-state index contributed by atoms with van der Waals surface area (Å²) in [5, 5.41) is 9.30. The molecule has 146 valence electrons. The zero-order valence-electron chi connectivity index (χ0n) is 16.0. The molecule has 0 N–H and O–H groups in total. The van der Waals surface area contributed by atoms with Crippen LogP contribution in [0, 0.1) is 17.2 Å². The number of ether oxygens (including phenoxy) is 1. The Balaban J connectivity index is 1.22. The van der Waals surface area contributed by atoms with Crippen molar-refractivity contribution in [2.45, 2.75) is 25.2 Å². The third-order valence-corrected chi connectivity index (χ3v) is 5.40. The van der Waals surface area contributed by atoms with Gasteiger partial charge in [-0.2, -0.15) is 10.2 Å². The minimum Gasteiger partial charge on any atom is -0.476 e. The van der Waals surface area contributed by atoms with Crippen LogP contribution < -0.4 is 9.64 Å². The Bertz CT molecular complexity index is 1040. The van der Waals surface area contributed by atoms with Gasteiger partial charge in [-0.15, -0.1) is 0 Å². The minimum atomic E-state index is 0.339. The molecule has 3 heterocycles. The van der Waals surface area contributed by atoms with Crippen LogP contribution in [-0.4, -0.2) is 34.6 Å². The van der Waals surface area contributed by atoms with Crippen LogP contribution in [-0.2, 0) is 0 Å². The SMILES string of the molecule is N#Cc1cnc(C2CC2)nc1OC[C@H]1CCN(c2cnc(-c3ccccc3)o2)C1. The van der Waals surface area contributed by atoms with Crippen molar-refractivity contribution in [1.82, 2.24) is 15.0 Å². The molecule has 0 radical (unpaired) electrons. The highest BCUT2D eigenvalue weighted by molar-refractivity contribution is 5.54. The maximum Gasteiger partial charge on any atom is 0.235 e. The summed E-state index contributed by atoms with van der Waals surface area (Å²) in [6.07, 6.45) is 6.59. The number of oxazole rings is 1. The number of nitrogens with zero attached hydrogens (tertiary/aromatic N) is 5. The molecule has 2 aliphatic rings. The quantitative estimate of drug-likeness (QED) is 0.636. The standard InChI is InChI=1S/C22H21N5O2/c23-10-18-11-24-20(16-6-7-16)26-22(18)28-14-15-8-9-27(13-15)19-12-25-21(29-19)17-4-2-1-3-5-17/h1-5,11-12,15-16H,6-9,13-14H2/t15-/m0/s1. The fourth-order valence-electron chi connectivity index (χ4n) is 3.60. The summed E-state index contributed by atoms with van der Waals surface area (Å²) in [5.74, 6) is 3.38. The number of benzene rings is 1. The molecule has 1 saturated heterocycles. The van der Waals surface area contributed by atoms with E-state index in [1.807, 2.05) is 30.3 Å². The van der Waals surface area contributed by atoms with Gasteiger partial charge in [0.15, 0.2) is 0 Å². The first-order chi connectivity index (χ1) is 14.3. The van der Waals surface area contributed by atoms with Gasteiger partial charge >= 0.3 is 0 Å². The number of nitriles is 1. The average molecular weight is 387 g/mol. The maximum atomic E-state index is 9.30. The minimum absolute atomic E-state index is 0.339. The van der Waals surface area contributed by atoms with Crippen molar-refractivity contribution in [1.29, 1.82) is 5.26 Å². The Kier molecular flexibility index (Phi) is 4.60. The molecule has 2 aromatic heterocycles. The van der Waals surface area contributed by atoms with Gasteiger partial charge in [0.2, 0.25) is 17.7 Å². The largest absolute Gasteiger partial charge is 0.476 e. The van der Waals surface area contributed by atoms with Crippen molar-refractivity contribution in [3.05, 3.63) is 54.1 Å². The fraction of sp³-hybridized carbons (Fsp3) is 0.364. The molecule has 1 aromatic carbocycles. The van der Waals surface area contributed by atoms with Crippen molar-refractivity contribution in [2.24, 2.45) is 5.92 Å².